The Balaban J connectivity index is 1.49. The topological polar surface area (TPSA) is 105 Å². The van der Waals surface area contributed by atoms with Crippen LogP contribution in [-0.4, -0.2) is 50.8 Å². The van der Waals surface area contributed by atoms with E-state index >= 15 is 0 Å². The van der Waals surface area contributed by atoms with E-state index in [0.717, 1.165) is 5.56 Å². The van der Waals surface area contributed by atoms with Gasteiger partial charge in [0.05, 0.1) is 18.1 Å². The molecule has 0 atom stereocenters. The molecule has 0 spiro atoms. The predicted molar refractivity (Wildman–Crippen MR) is 102 cm³/mol. The number of sulfonamides is 1. The van der Waals surface area contributed by atoms with Crippen LogP contribution in [0.2, 0.25) is 0 Å². The van der Waals surface area contributed by atoms with Gasteiger partial charge in [0.2, 0.25) is 10.0 Å². The minimum absolute atomic E-state index is 0.139. The summed E-state index contributed by atoms with van der Waals surface area (Å²) in [4.78, 5) is 24.4. The number of carbonyl (C=O) groups is 2. The molecule has 0 radical (unpaired) electrons. The maximum absolute atomic E-state index is 12.6. The molecule has 2 aromatic rings. The van der Waals surface area contributed by atoms with Gasteiger partial charge in [-0.05, 0) is 42.0 Å². The highest BCUT2D eigenvalue weighted by atomic mass is 32.2. The van der Waals surface area contributed by atoms with Crippen LogP contribution in [0.4, 0.5) is 5.69 Å². The SMILES string of the molecule is O=C(Nc1ccc2c(c1)C(=O)NC2)c1ccc(S(=O)(=O)N2CCOCC2)cc1. The number of rotatable bonds is 4. The molecule has 2 N–H and O–H groups in total. The number of amides is 2. The average Bonchev–Trinajstić information content (AvgIpc) is 3.09. The van der Waals surface area contributed by atoms with Crippen molar-refractivity contribution >= 4 is 27.5 Å². The van der Waals surface area contributed by atoms with Gasteiger partial charge in [-0.25, -0.2) is 8.42 Å². The quantitative estimate of drug-likeness (QED) is 0.801. The van der Waals surface area contributed by atoms with E-state index in [1.165, 1.54) is 28.6 Å². The van der Waals surface area contributed by atoms with Crippen LogP contribution in [0.3, 0.4) is 0 Å². The first kappa shape index (κ1) is 18.6. The minimum atomic E-state index is -3.60. The Kier molecular flexibility index (Phi) is 4.88. The molecular weight excluding hydrogens is 382 g/mol. The van der Waals surface area contributed by atoms with Crippen LogP contribution in [0.1, 0.15) is 26.3 Å². The molecule has 0 saturated carbocycles. The second-order valence-electron chi connectivity index (χ2n) is 6.55. The molecule has 2 aliphatic rings. The van der Waals surface area contributed by atoms with Gasteiger partial charge in [0, 0.05) is 36.4 Å². The van der Waals surface area contributed by atoms with E-state index in [1.807, 2.05) is 0 Å². The van der Waals surface area contributed by atoms with Gasteiger partial charge >= 0.3 is 0 Å². The van der Waals surface area contributed by atoms with E-state index in [4.69, 9.17) is 4.74 Å². The zero-order chi connectivity index (χ0) is 19.7. The highest BCUT2D eigenvalue weighted by Crippen LogP contribution is 2.21. The van der Waals surface area contributed by atoms with Crippen molar-refractivity contribution in [3.05, 3.63) is 59.2 Å². The van der Waals surface area contributed by atoms with Crippen LogP contribution in [0.25, 0.3) is 0 Å². The lowest BCUT2D eigenvalue weighted by atomic mass is 10.1. The van der Waals surface area contributed by atoms with E-state index in [0.29, 0.717) is 49.7 Å². The summed E-state index contributed by atoms with van der Waals surface area (Å²) in [7, 11) is -3.60. The number of benzene rings is 2. The Hall–Kier alpha value is -2.75. The van der Waals surface area contributed by atoms with Gasteiger partial charge in [0.15, 0.2) is 0 Å². The lowest BCUT2D eigenvalue weighted by Crippen LogP contribution is -2.40. The lowest BCUT2D eigenvalue weighted by Gasteiger charge is -2.26. The number of ether oxygens (including phenoxy) is 1. The van der Waals surface area contributed by atoms with Crippen molar-refractivity contribution < 1.29 is 22.7 Å². The molecular formula is C19H19N3O5S. The third-order valence-corrected chi connectivity index (χ3v) is 6.69. The summed E-state index contributed by atoms with van der Waals surface area (Å²) in [6.07, 6.45) is 0. The molecule has 9 heteroatoms. The average molecular weight is 401 g/mol. The van der Waals surface area contributed by atoms with Crippen molar-refractivity contribution in [1.82, 2.24) is 9.62 Å². The van der Waals surface area contributed by atoms with Crippen molar-refractivity contribution in [2.45, 2.75) is 11.4 Å². The summed E-state index contributed by atoms with van der Waals surface area (Å²) in [6, 6.07) is 11.0. The largest absolute Gasteiger partial charge is 0.379 e. The van der Waals surface area contributed by atoms with Crippen LogP contribution in [-0.2, 0) is 21.3 Å². The van der Waals surface area contributed by atoms with Gasteiger partial charge in [-0.15, -0.1) is 0 Å². The van der Waals surface area contributed by atoms with Crippen LogP contribution < -0.4 is 10.6 Å². The molecule has 1 fully saturated rings. The van der Waals surface area contributed by atoms with Gasteiger partial charge in [-0.1, -0.05) is 6.07 Å². The second kappa shape index (κ2) is 7.34. The second-order valence-corrected chi connectivity index (χ2v) is 8.49. The predicted octanol–water partition coefficient (Wildman–Crippen LogP) is 1.20. The summed E-state index contributed by atoms with van der Waals surface area (Å²) in [5.74, 6) is -0.544. The first-order chi connectivity index (χ1) is 13.4. The van der Waals surface area contributed by atoms with Crippen molar-refractivity contribution in [3.63, 3.8) is 0 Å². The third-order valence-electron chi connectivity index (χ3n) is 4.78. The summed E-state index contributed by atoms with van der Waals surface area (Å²) >= 11 is 0. The van der Waals surface area contributed by atoms with Crippen LogP contribution in [0.5, 0.6) is 0 Å². The molecule has 0 bridgehead atoms. The molecule has 2 amide bonds. The van der Waals surface area contributed by atoms with Crippen molar-refractivity contribution in [1.29, 1.82) is 0 Å². The zero-order valence-corrected chi connectivity index (χ0v) is 15.8. The summed E-state index contributed by atoms with van der Waals surface area (Å²) in [5, 5.41) is 5.46. The maximum Gasteiger partial charge on any atom is 0.255 e. The van der Waals surface area contributed by atoms with Crippen LogP contribution in [0.15, 0.2) is 47.4 Å². The van der Waals surface area contributed by atoms with Gasteiger partial charge in [0.25, 0.3) is 11.8 Å². The van der Waals surface area contributed by atoms with Gasteiger partial charge < -0.3 is 15.4 Å². The number of hydrogen-bond acceptors (Lipinski definition) is 5. The molecule has 0 unspecified atom stereocenters. The molecule has 1 saturated heterocycles. The van der Waals surface area contributed by atoms with Crippen molar-refractivity contribution in [2.75, 3.05) is 31.6 Å². The first-order valence-electron chi connectivity index (χ1n) is 8.85. The zero-order valence-electron chi connectivity index (χ0n) is 15.0. The number of anilines is 1. The van der Waals surface area contributed by atoms with Gasteiger partial charge in [-0.2, -0.15) is 4.31 Å². The summed E-state index contributed by atoms with van der Waals surface area (Å²) < 4.78 is 31.8. The maximum atomic E-state index is 12.6. The molecule has 4 rings (SSSR count). The molecule has 28 heavy (non-hydrogen) atoms. The van der Waals surface area contributed by atoms with Crippen molar-refractivity contribution in [2.24, 2.45) is 0 Å². The lowest BCUT2D eigenvalue weighted by molar-refractivity contribution is 0.0730. The molecule has 0 aliphatic carbocycles. The molecule has 8 nitrogen and oxygen atoms in total. The normalized spacial score (nSPS) is 17.1. The fraction of sp³-hybridized carbons (Fsp3) is 0.263. The van der Waals surface area contributed by atoms with Crippen molar-refractivity contribution in [3.8, 4) is 0 Å². The highest BCUT2D eigenvalue weighted by Gasteiger charge is 2.26. The molecule has 0 aromatic heterocycles. The standard InChI is InChI=1S/C19H19N3O5S/c23-18(21-15-4-1-14-12-20-19(24)17(14)11-15)13-2-5-16(6-3-13)28(25,26)22-7-9-27-10-8-22/h1-6,11H,7-10,12H2,(H,20,24)(H,21,23). The van der Waals surface area contributed by atoms with E-state index in [1.54, 1.807) is 18.2 Å². The van der Waals surface area contributed by atoms with Crippen LogP contribution >= 0.6 is 0 Å². The molecule has 146 valence electrons. The smallest absolute Gasteiger partial charge is 0.255 e. The van der Waals surface area contributed by atoms with Gasteiger partial charge in [-0.3, -0.25) is 9.59 Å². The highest BCUT2D eigenvalue weighted by molar-refractivity contribution is 7.89. The molecule has 2 heterocycles. The number of morpholine rings is 1. The fourth-order valence-electron chi connectivity index (χ4n) is 3.21. The number of carbonyl (C=O) groups excluding carboxylic acids is 2. The molecule has 2 aromatic carbocycles. The van der Waals surface area contributed by atoms with E-state index in [2.05, 4.69) is 10.6 Å². The Morgan fingerprint density at radius 1 is 1.07 bits per heavy atom. The third kappa shape index (κ3) is 3.51. The van der Waals surface area contributed by atoms with E-state index in [9.17, 15) is 18.0 Å². The number of nitrogens with zero attached hydrogens (tertiary/aromatic N) is 1. The number of nitrogens with one attached hydrogen (secondary N) is 2. The number of fused-ring (bicyclic) bond motifs is 1. The summed E-state index contributed by atoms with van der Waals surface area (Å²) in [6.45, 7) is 1.87. The monoisotopic (exact) mass is 401 g/mol. The van der Waals surface area contributed by atoms with E-state index in [-0.39, 0.29) is 16.7 Å². The Labute approximate surface area is 162 Å². The first-order valence-corrected chi connectivity index (χ1v) is 10.3. The Bertz CT molecular complexity index is 1030. The number of hydrogen-bond donors (Lipinski definition) is 2. The Morgan fingerprint density at radius 3 is 2.50 bits per heavy atom. The van der Waals surface area contributed by atoms with E-state index < -0.39 is 10.0 Å². The Morgan fingerprint density at radius 2 is 1.79 bits per heavy atom. The van der Waals surface area contributed by atoms with Gasteiger partial charge in [0.1, 0.15) is 0 Å². The summed E-state index contributed by atoms with van der Waals surface area (Å²) in [5.41, 5.74) is 2.27. The fourth-order valence-corrected chi connectivity index (χ4v) is 4.62. The van der Waals surface area contributed by atoms with Crippen LogP contribution in [0, 0.1) is 0 Å². The molecule has 2 aliphatic heterocycles. The minimum Gasteiger partial charge on any atom is -0.379 e.